The largest absolute Gasteiger partial charge is 0.351 e. The van der Waals surface area contributed by atoms with Gasteiger partial charge in [-0.3, -0.25) is 20.4 Å². The van der Waals surface area contributed by atoms with Gasteiger partial charge in [0.05, 0.1) is 15.5 Å². The second kappa shape index (κ2) is 9.18. The summed E-state index contributed by atoms with van der Waals surface area (Å²) in [6.07, 6.45) is 2.51. The first-order valence-corrected chi connectivity index (χ1v) is 11.3. The van der Waals surface area contributed by atoms with Crippen molar-refractivity contribution in [1.29, 1.82) is 0 Å². The normalized spacial score (nSPS) is 13.7. The Morgan fingerprint density at radius 2 is 1.86 bits per heavy atom. The summed E-state index contributed by atoms with van der Waals surface area (Å²) in [4.78, 5) is 24.4. The van der Waals surface area contributed by atoms with Gasteiger partial charge in [-0.1, -0.05) is 6.07 Å². The third-order valence-corrected chi connectivity index (χ3v) is 6.43. The van der Waals surface area contributed by atoms with E-state index < -0.39 is 10.0 Å². The van der Waals surface area contributed by atoms with Crippen molar-refractivity contribution < 1.29 is 18.0 Å². The van der Waals surface area contributed by atoms with Crippen LogP contribution in [0.1, 0.15) is 35.4 Å². The molecule has 2 amide bonds. The Morgan fingerprint density at radius 1 is 1.11 bits per heavy atom. The molecule has 1 aliphatic carbocycles. The van der Waals surface area contributed by atoms with Crippen molar-refractivity contribution in [3.63, 3.8) is 0 Å². The molecule has 1 saturated carbocycles. The summed E-state index contributed by atoms with van der Waals surface area (Å²) in [7, 11) is -3.48. The minimum absolute atomic E-state index is 0.0529. The number of hydrogen-bond donors (Lipinski definition) is 4. The van der Waals surface area contributed by atoms with Crippen LogP contribution in [0.25, 0.3) is 0 Å². The predicted molar refractivity (Wildman–Crippen MR) is 107 cm³/mol. The second-order valence-electron chi connectivity index (χ2n) is 6.43. The number of hydrogen-bond acceptors (Lipinski definition) is 6. The number of nitrogens with one attached hydrogen (secondary N) is 4. The molecule has 10 heteroatoms. The van der Waals surface area contributed by atoms with E-state index in [-0.39, 0.29) is 29.2 Å². The molecule has 1 aromatic heterocycles. The Morgan fingerprint density at radius 3 is 2.50 bits per heavy atom. The van der Waals surface area contributed by atoms with E-state index in [9.17, 15) is 18.0 Å². The van der Waals surface area contributed by atoms with E-state index in [4.69, 9.17) is 0 Å². The maximum atomic E-state index is 12.1. The van der Waals surface area contributed by atoms with Gasteiger partial charge in [-0.05, 0) is 55.0 Å². The number of hydrazine groups is 1. The summed E-state index contributed by atoms with van der Waals surface area (Å²) in [6.45, 7) is 0.407. The molecule has 4 N–H and O–H groups in total. The van der Waals surface area contributed by atoms with Gasteiger partial charge in [-0.25, -0.2) is 13.1 Å². The second-order valence-corrected chi connectivity index (χ2v) is 9.09. The van der Waals surface area contributed by atoms with Crippen molar-refractivity contribution in [3.8, 4) is 0 Å². The van der Waals surface area contributed by atoms with E-state index in [1.807, 2.05) is 11.4 Å². The first-order valence-electron chi connectivity index (χ1n) is 8.93. The molecule has 28 heavy (non-hydrogen) atoms. The number of carbonyl (C=O) groups excluding carboxylic acids is 2. The van der Waals surface area contributed by atoms with Gasteiger partial charge in [0.25, 0.3) is 5.91 Å². The zero-order chi connectivity index (χ0) is 20.0. The van der Waals surface area contributed by atoms with Gasteiger partial charge < -0.3 is 5.32 Å². The number of thiophene rings is 1. The quantitative estimate of drug-likeness (QED) is 0.344. The molecule has 0 unspecified atom stereocenters. The van der Waals surface area contributed by atoms with E-state index in [1.54, 1.807) is 18.2 Å². The summed E-state index contributed by atoms with van der Waals surface area (Å²) >= 11 is 1.37. The van der Waals surface area contributed by atoms with Crippen LogP contribution in [-0.2, 0) is 14.8 Å². The Balaban J connectivity index is 1.35. The highest BCUT2D eigenvalue weighted by Gasteiger charge is 2.27. The lowest BCUT2D eigenvalue weighted by molar-refractivity contribution is -0.120. The fourth-order valence-corrected chi connectivity index (χ4v) is 4.30. The number of rotatable bonds is 10. The highest BCUT2D eigenvalue weighted by molar-refractivity contribution is 7.89. The average molecular weight is 423 g/mol. The number of anilines is 1. The molecule has 1 fully saturated rings. The molecule has 3 rings (SSSR count). The van der Waals surface area contributed by atoms with Crippen molar-refractivity contribution >= 4 is 38.9 Å². The fourth-order valence-electron chi connectivity index (χ4n) is 2.36. The fraction of sp³-hybridized carbons (Fsp3) is 0.333. The summed E-state index contributed by atoms with van der Waals surface area (Å²) < 4.78 is 26.8. The van der Waals surface area contributed by atoms with Crippen LogP contribution >= 0.6 is 11.3 Å². The van der Waals surface area contributed by atoms with Crippen LogP contribution in [0.4, 0.5) is 5.69 Å². The monoisotopic (exact) mass is 422 g/mol. The summed E-state index contributed by atoms with van der Waals surface area (Å²) in [5, 5.41) is 4.59. The molecule has 0 spiro atoms. The maximum Gasteiger partial charge on any atom is 0.261 e. The van der Waals surface area contributed by atoms with Crippen LogP contribution < -0.4 is 20.9 Å². The van der Waals surface area contributed by atoms with E-state index >= 15 is 0 Å². The van der Waals surface area contributed by atoms with Gasteiger partial charge in [-0.15, -0.1) is 11.3 Å². The summed E-state index contributed by atoms with van der Waals surface area (Å²) in [6, 6.07) is 9.75. The smallest absolute Gasteiger partial charge is 0.261 e. The predicted octanol–water partition coefficient (Wildman–Crippen LogP) is 1.84. The molecular weight excluding hydrogens is 400 g/mol. The van der Waals surface area contributed by atoms with Crippen LogP contribution in [0, 0.1) is 0 Å². The third-order valence-electron chi connectivity index (χ3n) is 4.02. The van der Waals surface area contributed by atoms with Crippen molar-refractivity contribution in [2.45, 2.75) is 36.6 Å². The van der Waals surface area contributed by atoms with Crippen molar-refractivity contribution in [2.75, 3.05) is 12.0 Å². The average Bonchev–Trinajstić information content (AvgIpc) is 3.30. The maximum absolute atomic E-state index is 12.1. The van der Waals surface area contributed by atoms with Crippen LogP contribution in [0.3, 0.4) is 0 Å². The van der Waals surface area contributed by atoms with Gasteiger partial charge in [0.15, 0.2) is 0 Å². The topological polar surface area (TPSA) is 116 Å². The Kier molecular flexibility index (Phi) is 6.65. The summed E-state index contributed by atoms with van der Waals surface area (Å²) in [5.74, 6) is -0.364. The lowest BCUT2D eigenvalue weighted by Crippen LogP contribution is -2.30. The van der Waals surface area contributed by atoms with Gasteiger partial charge in [0, 0.05) is 19.0 Å². The highest BCUT2D eigenvalue weighted by Crippen LogP contribution is 2.22. The van der Waals surface area contributed by atoms with E-state index in [0.717, 1.165) is 12.8 Å². The molecular formula is C18H22N4O4S2. The molecule has 1 aromatic carbocycles. The first kappa shape index (κ1) is 20.3. The van der Waals surface area contributed by atoms with Crippen molar-refractivity contribution in [1.82, 2.24) is 15.5 Å². The van der Waals surface area contributed by atoms with Crippen molar-refractivity contribution in [2.24, 2.45) is 0 Å². The minimum Gasteiger partial charge on any atom is -0.351 e. The Bertz CT molecular complexity index is 908. The molecule has 0 bridgehead atoms. The van der Waals surface area contributed by atoms with Crippen LogP contribution in [0.15, 0.2) is 46.7 Å². The zero-order valence-corrected chi connectivity index (χ0v) is 16.7. The van der Waals surface area contributed by atoms with E-state index in [1.165, 1.54) is 23.5 Å². The van der Waals surface area contributed by atoms with E-state index in [0.29, 0.717) is 23.5 Å². The zero-order valence-electron chi connectivity index (χ0n) is 15.1. The molecule has 1 aliphatic rings. The molecule has 0 radical (unpaired) electrons. The standard InChI is InChI=1S/C18H22N4O4S2/c23-17(4-1-11-19-18(24)16-3-2-12-27-16)21-20-13-7-9-15(10-8-13)28(25,26)22-14-5-6-14/h2-3,7-10,12,14,20,22H,1,4-6,11H2,(H,19,24)(H,21,23). The van der Waals surface area contributed by atoms with Crippen LogP contribution in [0.2, 0.25) is 0 Å². The van der Waals surface area contributed by atoms with Crippen molar-refractivity contribution in [3.05, 3.63) is 46.7 Å². The number of benzene rings is 1. The number of sulfonamides is 1. The van der Waals surface area contributed by atoms with Crippen LogP contribution in [-0.4, -0.2) is 32.8 Å². The molecule has 0 atom stereocenters. The summed E-state index contributed by atoms with van der Waals surface area (Å²) in [5.41, 5.74) is 5.87. The van der Waals surface area contributed by atoms with E-state index in [2.05, 4.69) is 20.9 Å². The van der Waals surface area contributed by atoms with Gasteiger partial charge in [-0.2, -0.15) is 0 Å². The molecule has 8 nitrogen and oxygen atoms in total. The third kappa shape index (κ3) is 6.04. The SMILES string of the molecule is O=C(CCCNC(=O)c1cccs1)NNc1ccc(S(=O)(=O)NC2CC2)cc1. The lowest BCUT2D eigenvalue weighted by Gasteiger charge is -2.10. The van der Waals surface area contributed by atoms with Gasteiger partial charge >= 0.3 is 0 Å². The Hall–Kier alpha value is -2.43. The molecule has 0 aliphatic heterocycles. The Labute approximate surface area is 167 Å². The number of carbonyl (C=O) groups is 2. The first-order chi connectivity index (χ1) is 13.4. The minimum atomic E-state index is -3.48. The molecule has 0 saturated heterocycles. The van der Waals surface area contributed by atoms with Gasteiger partial charge in [0.2, 0.25) is 15.9 Å². The van der Waals surface area contributed by atoms with Crippen LogP contribution in [0.5, 0.6) is 0 Å². The number of amides is 2. The van der Waals surface area contributed by atoms with Gasteiger partial charge in [0.1, 0.15) is 0 Å². The molecule has 150 valence electrons. The molecule has 1 heterocycles. The molecule has 2 aromatic rings. The highest BCUT2D eigenvalue weighted by atomic mass is 32.2. The lowest BCUT2D eigenvalue weighted by atomic mass is 10.3.